The Hall–Kier alpha value is -3.28. The number of carbonyl (C=O) groups is 1. The molecule has 0 amide bonds. The Kier molecular flexibility index (Phi) is 5.76. The van der Waals surface area contributed by atoms with Gasteiger partial charge in [0.2, 0.25) is 5.90 Å². The Labute approximate surface area is 158 Å². The fourth-order valence-electron chi connectivity index (χ4n) is 2.61. The van der Waals surface area contributed by atoms with Gasteiger partial charge in [0.15, 0.2) is 17.2 Å². The van der Waals surface area contributed by atoms with Gasteiger partial charge in [0.05, 0.1) is 20.3 Å². The zero-order valence-electron chi connectivity index (χ0n) is 15.5. The van der Waals surface area contributed by atoms with Gasteiger partial charge in [-0.1, -0.05) is 12.1 Å². The van der Waals surface area contributed by atoms with Crippen molar-refractivity contribution in [1.29, 1.82) is 0 Å². The fourth-order valence-corrected chi connectivity index (χ4v) is 2.61. The summed E-state index contributed by atoms with van der Waals surface area (Å²) in [5, 5.41) is 0. The topological polar surface area (TPSA) is 66.4 Å². The van der Waals surface area contributed by atoms with Crippen LogP contribution in [-0.4, -0.2) is 32.2 Å². The van der Waals surface area contributed by atoms with E-state index in [1.807, 2.05) is 38.1 Å². The van der Waals surface area contributed by atoms with Gasteiger partial charge in [-0.25, -0.2) is 9.79 Å². The number of carbonyl (C=O) groups excluding carboxylic acids is 1. The number of hydrogen-bond acceptors (Lipinski definition) is 6. The van der Waals surface area contributed by atoms with E-state index < -0.39 is 5.97 Å². The lowest BCUT2D eigenvalue weighted by atomic mass is 10.2. The van der Waals surface area contributed by atoms with Crippen molar-refractivity contribution < 1.29 is 23.7 Å². The molecule has 0 unspecified atom stereocenters. The van der Waals surface area contributed by atoms with Crippen LogP contribution >= 0.6 is 0 Å². The van der Waals surface area contributed by atoms with Gasteiger partial charge in [-0.2, -0.15) is 0 Å². The van der Waals surface area contributed by atoms with E-state index in [1.165, 1.54) is 0 Å². The Morgan fingerprint density at radius 3 is 2.56 bits per heavy atom. The van der Waals surface area contributed by atoms with Gasteiger partial charge < -0.3 is 18.9 Å². The molecule has 0 saturated carbocycles. The van der Waals surface area contributed by atoms with Gasteiger partial charge in [0.1, 0.15) is 5.75 Å². The van der Waals surface area contributed by atoms with Crippen molar-refractivity contribution in [2.75, 3.05) is 20.3 Å². The van der Waals surface area contributed by atoms with E-state index in [0.29, 0.717) is 36.0 Å². The molecule has 0 aliphatic carbocycles. The lowest BCUT2D eigenvalue weighted by molar-refractivity contribution is -0.129. The van der Waals surface area contributed by atoms with Crippen LogP contribution in [0.5, 0.6) is 17.2 Å². The Bertz CT molecular complexity index is 901. The number of ether oxygens (including phenoxy) is 4. The molecule has 140 valence electrons. The van der Waals surface area contributed by atoms with Crippen LogP contribution in [0.1, 0.15) is 25.0 Å². The Morgan fingerprint density at radius 1 is 1.04 bits per heavy atom. The minimum atomic E-state index is -0.500. The van der Waals surface area contributed by atoms with Crippen LogP contribution in [0.2, 0.25) is 0 Å². The van der Waals surface area contributed by atoms with E-state index in [-0.39, 0.29) is 11.6 Å². The molecule has 0 radical (unpaired) electrons. The van der Waals surface area contributed by atoms with Crippen LogP contribution in [0.15, 0.2) is 53.2 Å². The zero-order chi connectivity index (χ0) is 19.2. The molecule has 0 atom stereocenters. The largest absolute Gasteiger partial charge is 0.497 e. The summed E-state index contributed by atoms with van der Waals surface area (Å²) in [6, 6.07) is 12.7. The molecule has 2 aromatic rings. The average Bonchev–Trinajstić information content (AvgIpc) is 3.04. The average molecular weight is 367 g/mol. The van der Waals surface area contributed by atoms with Crippen LogP contribution in [0.3, 0.4) is 0 Å². The second kappa shape index (κ2) is 8.40. The molecule has 6 nitrogen and oxygen atoms in total. The smallest absolute Gasteiger partial charge is 0.363 e. The maximum Gasteiger partial charge on any atom is 0.363 e. The summed E-state index contributed by atoms with van der Waals surface area (Å²) < 4.78 is 21.7. The fraction of sp³-hybridized carbons (Fsp3) is 0.238. The quantitative estimate of drug-likeness (QED) is 0.549. The molecule has 27 heavy (non-hydrogen) atoms. The first kappa shape index (κ1) is 18.5. The van der Waals surface area contributed by atoms with Crippen LogP contribution in [0.25, 0.3) is 6.08 Å². The lowest BCUT2D eigenvalue weighted by Gasteiger charge is -2.11. The zero-order valence-corrected chi connectivity index (χ0v) is 15.5. The molecule has 2 aromatic carbocycles. The maximum atomic E-state index is 12.2. The highest BCUT2D eigenvalue weighted by atomic mass is 16.6. The molecule has 0 bridgehead atoms. The molecule has 0 aromatic heterocycles. The third kappa shape index (κ3) is 4.28. The van der Waals surface area contributed by atoms with Crippen LogP contribution in [0, 0.1) is 0 Å². The first-order chi connectivity index (χ1) is 13.1. The highest BCUT2D eigenvalue weighted by Crippen LogP contribution is 2.30. The van der Waals surface area contributed by atoms with E-state index in [1.54, 1.807) is 31.4 Å². The Balaban J connectivity index is 1.91. The maximum absolute atomic E-state index is 12.2. The lowest BCUT2D eigenvalue weighted by Crippen LogP contribution is -2.06. The molecule has 0 saturated heterocycles. The summed E-state index contributed by atoms with van der Waals surface area (Å²) >= 11 is 0. The molecule has 3 rings (SSSR count). The number of aliphatic imine (C=N–C) groups is 1. The first-order valence-electron chi connectivity index (χ1n) is 8.71. The number of cyclic esters (lactones) is 1. The predicted octanol–water partition coefficient (Wildman–Crippen LogP) is 3.84. The predicted molar refractivity (Wildman–Crippen MR) is 102 cm³/mol. The summed E-state index contributed by atoms with van der Waals surface area (Å²) in [4.78, 5) is 16.5. The molecule has 0 spiro atoms. The molecular formula is C21H21NO5. The summed E-state index contributed by atoms with van der Waals surface area (Å²) in [6.45, 7) is 4.83. The van der Waals surface area contributed by atoms with Gasteiger partial charge in [0.25, 0.3) is 0 Å². The molecule has 0 N–H and O–H groups in total. The second-order valence-electron chi connectivity index (χ2n) is 5.64. The molecule has 1 heterocycles. The third-order valence-corrected chi connectivity index (χ3v) is 3.81. The van der Waals surface area contributed by atoms with Gasteiger partial charge >= 0.3 is 5.97 Å². The summed E-state index contributed by atoms with van der Waals surface area (Å²) in [6.07, 6.45) is 1.66. The van der Waals surface area contributed by atoms with Gasteiger partial charge in [-0.15, -0.1) is 0 Å². The van der Waals surface area contributed by atoms with Crippen LogP contribution in [0.4, 0.5) is 0 Å². The number of benzene rings is 2. The number of nitrogens with zero attached hydrogens (tertiary/aromatic N) is 1. The number of rotatable bonds is 7. The second-order valence-corrected chi connectivity index (χ2v) is 5.64. The van der Waals surface area contributed by atoms with Gasteiger partial charge in [-0.3, -0.25) is 0 Å². The summed E-state index contributed by atoms with van der Waals surface area (Å²) in [5.74, 6) is 1.66. The van der Waals surface area contributed by atoms with Crippen LogP contribution < -0.4 is 14.2 Å². The van der Waals surface area contributed by atoms with E-state index in [9.17, 15) is 4.79 Å². The minimum absolute atomic E-state index is 0.227. The molecule has 0 fully saturated rings. The number of methoxy groups -OCH3 is 1. The highest BCUT2D eigenvalue weighted by Gasteiger charge is 2.25. The summed E-state index contributed by atoms with van der Waals surface area (Å²) in [7, 11) is 1.59. The van der Waals surface area contributed by atoms with Crippen molar-refractivity contribution in [2.24, 2.45) is 4.99 Å². The third-order valence-electron chi connectivity index (χ3n) is 3.81. The van der Waals surface area contributed by atoms with E-state index in [2.05, 4.69) is 4.99 Å². The number of hydrogen-bond donors (Lipinski definition) is 0. The van der Waals surface area contributed by atoms with Crippen molar-refractivity contribution in [3.8, 4) is 17.2 Å². The van der Waals surface area contributed by atoms with Crippen molar-refractivity contribution in [3.63, 3.8) is 0 Å². The highest BCUT2D eigenvalue weighted by molar-refractivity contribution is 6.13. The monoisotopic (exact) mass is 367 g/mol. The van der Waals surface area contributed by atoms with Crippen LogP contribution in [-0.2, 0) is 9.53 Å². The first-order valence-corrected chi connectivity index (χ1v) is 8.71. The van der Waals surface area contributed by atoms with E-state index in [0.717, 1.165) is 5.56 Å². The SMILES string of the molecule is CCOc1ccc(C2=NC(=Cc3cccc(OC)c3)C(=O)O2)cc1OCC. The standard InChI is InChI=1S/C21H21NO5/c1-4-25-18-10-9-15(13-19(18)26-5-2)20-22-17(21(23)27-20)12-14-7-6-8-16(11-14)24-3/h6-13H,4-5H2,1-3H3. The normalized spacial score (nSPS) is 14.7. The molecule has 6 heteroatoms. The summed E-state index contributed by atoms with van der Waals surface area (Å²) in [5.41, 5.74) is 1.67. The van der Waals surface area contributed by atoms with Crippen molar-refractivity contribution in [1.82, 2.24) is 0 Å². The van der Waals surface area contributed by atoms with E-state index >= 15 is 0 Å². The molecule has 1 aliphatic heterocycles. The minimum Gasteiger partial charge on any atom is -0.497 e. The number of esters is 1. The van der Waals surface area contributed by atoms with E-state index in [4.69, 9.17) is 18.9 Å². The molecular weight excluding hydrogens is 346 g/mol. The van der Waals surface area contributed by atoms with Gasteiger partial charge in [0, 0.05) is 5.56 Å². The Morgan fingerprint density at radius 2 is 1.81 bits per heavy atom. The van der Waals surface area contributed by atoms with Crippen molar-refractivity contribution in [2.45, 2.75) is 13.8 Å². The van der Waals surface area contributed by atoms with Crippen molar-refractivity contribution in [3.05, 3.63) is 59.3 Å². The van der Waals surface area contributed by atoms with Crippen molar-refractivity contribution >= 4 is 17.9 Å². The molecule has 1 aliphatic rings. The van der Waals surface area contributed by atoms with Gasteiger partial charge in [-0.05, 0) is 55.8 Å².